The van der Waals surface area contributed by atoms with Crippen molar-refractivity contribution < 1.29 is 4.39 Å². The van der Waals surface area contributed by atoms with E-state index >= 15 is 0 Å². The van der Waals surface area contributed by atoms with Gasteiger partial charge in [-0.1, -0.05) is 29.4 Å². The molecule has 0 saturated carbocycles. The second-order valence-electron chi connectivity index (χ2n) is 6.54. The first kappa shape index (κ1) is 17.1. The molecule has 1 aliphatic heterocycles. The average molecular weight is 361 g/mol. The van der Waals surface area contributed by atoms with E-state index < -0.39 is 0 Å². The molecule has 5 nitrogen and oxygen atoms in total. The molecule has 27 heavy (non-hydrogen) atoms. The molecule has 2 heterocycles. The summed E-state index contributed by atoms with van der Waals surface area (Å²) in [7, 11) is 1.73. The van der Waals surface area contributed by atoms with Crippen molar-refractivity contribution >= 4 is 17.6 Å². The highest BCUT2D eigenvalue weighted by Gasteiger charge is 2.39. The number of hydrogen-bond acceptors (Lipinski definition) is 3. The van der Waals surface area contributed by atoms with Crippen LogP contribution in [0.25, 0.3) is 11.4 Å². The smallest absolute Gasteiger partial charge is 0.213 e. The SMILES string of the molecule is Cc1cccc(-n2ccc(=O)c(C3=CC=N[N+]3(C)c3ccccc3F)n2)c1. The Bertz CT molecular complexity index is 1150. The molecule has 0 N–H and O–H groups in total. The molecule has 134 valence electrons. The third kappa shape index (κ3) is 2.90. The minimum Gasteiger partial charge on any atom is -0.287 e. The van der Waals surface area contributed by atoms with Crippen molar-refractivity contribution in [1.82, 2.24) is 14.4 Å². The van der Waals surface area contributed by atoms with Gasteiger partial charge in [-0.05, 0) is 30.7 Å². The third-order valence-electron chi connectivity index (χ3n) is 4.64. The largest absolute Gasteiger partial charge is 0.287 e. The van der Waals surface area contributed by atoms with Gasteiger partial charge in [0.25, 0.3) is 0 Å². The number of para-hydroxylation sites is 1. The Hall–Kier alpha value is -3.38. The summed E-state index contributed by atoms with van der Waals surface area (Å²) in [6, 6.07) is 15.7. The Balaban J connectivity index is 1.85. The summed E-state index contributed by atoms with van der Waals surface area (Å²) in [6.07, 6.45) is 4.91. The number of benzene rings is 2. The van der Waals surface area contributed by atoms with Gasteiger partial charge < -0.3 is 0 Å². The second-order valence-corrected chi connectivity index (χ2v) is 6.54. The first-order chi connectivity index (χ1) is 13.0. The number of halogens is 1. The van der Waals surface area contributed by atoms with Crippen LogP contribution in [0, 0.1) is 12.7 Å². The minimum atomic E-state index is -0.389. The van der Waals surface area contributed by atoms with Gasteiger partial charge in [-0.2, -0.15) is 5.10 Å². The highest BCUT2D eigenvalue weighted by Crippen LogP contribution is 2.35. The van der Waals surface area contributed by atoms with Crippen molar-refractivity contribution in [1.29, 1.82) is 0 Å². The second kappa shape index (κ2) is 6.41. The molecule has 0 amide bonds. The van der Waals surface area contributed by atoms with Crippen LogP contribution >= 0.6 is 0 Å². The highest BCUT2D eigenvalue weighted by atomic mass is 19.1. The van der Waals surface area contributed by atoms with Crippen molar-refractivity contribution in [2.75, 3.05) is 7.05 Å². The van der Waals surface area contributed by atoms with Crippen LogP contribution in [0.3, 0.4) is 0 Å². The van der Waals surface area contributed by atoms with Crippen molar-refractivity contribution in [2.45, 2.75) is 6.92 Å². The van der Waals surface area contributed by atoms with E-state index in [1.54, 1.807) is 48.4 Å². The summed E-state index contributed by atoms with van der Waals surface area (Å²) in [5, 5.41) is 8.94. The molecule has 4 rings (SSSR count). The highest BCUT2D eigenvalue weighted by molar-refractivity contribution is 5.92. The quantitative estimate of drug-likeness (QED) is 0.669. The molecular weight excluding hydrogens is 343 g/mol. The lowest BCUT2D eigenvalue weighted by atomic mass is 10.2. The molecule has 1 unspecified atom stereocenters. The number of aromatic nitrogens is 2. The fraction of sp³-hybridized carbons (Fsp3) is 0.0952. The molecule has 0 aliphatic carbocycles. The van der Waals surface area contributed by atoms with Crippen LogP contribution in [0.15, 0.2) is 76.8 Å². The molecule has 6 heteroatoms. The summed E-state index contributed by atoms with van der Waals surface area (Å²) in [5.74, 6) is -0.389. The Labute approximate surface area is 155 Å². The molecule has 0 fully saturated rings. The molecule has 0 saturated heterocycles. The van der Waals surface area contributed by atoms with E-state index in [1.165, 1.54) is 12.1 Å². The fourth-order valence-electron chi connectivity index (χ4n) is 3.23. The molecule has 2 aromatic carbocycles. The monoisotopic (exact) mass is 361 g/mol. The predicted molar refractivity (Wildman–Crippen MR) is 105 cm³/mol. The van der Waals surface area contributed by atoms with Crippen LogP contribution in [0.5, 0.6) is 0 Å². The maximum atomic E-state index is 14.4. The first-order valence-corrected chi connectivity index (χ1v) is 8.54. The molecule has 0 bridgehead atoms. The minimum absolute atomic E-state index is 0.202. The number of hydrogen-bond donors (Lipinski definition) is 0. The maximum absolute atomic E-state index is 14.4. The van der Waals surface area contributed by atoms with Crippen LogP contribution in [-0.2, 0) is 0 Å². The van der Waals surface area contributed by atoms with Gasteiger partial charge in [-0.3, -0.25) is 4.79 Å². The summed E-state index contributed by atoms with van der Waals surface area (Å²) >= 11 is 0. The topological polar surface area (TPSA) is 47.2 Å². The van der Waals surface area contributed by atoms with Gasteiger partial charge in [0.15, 0.2) is 22.9 Å². The lowest BCUT2D eigenvalue weighted by Gasteiger charge is -2.25. The van der Waals surface area contributed by atoms with Crippen molar-refractivity contribution in [3.63, 3.8) is 0 Å². The predicted octanol–water partition coefficient (Wildman–Crippen LogP) is 3.66. The van der Waals surface area contributed by atoms with Gasteiger partial charge >= 0.3 is 0 Å². The third-order valence-corrected chi connectivity index (χ3v) is 4.64. The number of nitrogens with zero attached hydrogens (tertiary/aromatic N) is 4. The molecule has 3 aromatic rings. The number of rotatable bonds is 3. The molecule has 0 radical (unpaired) electrons. The summed E-state index contributed by atoms with van der Waals surface area (Å²) in [6.45, 7) is 1.99. The van der Waals surface area contributed by atoms with E-state index in [-0.39, 0.29) is 21.5 Å². The summed E-state index contributed by atoms with van der Waals surface area (Å²) < 4.78 is 15.9. The van der Waals surface area contributed by atoms with Gasteiger partial charge in [0.1, 0.15) is 7.05 Å². The molecule has 1 atom stereocenters. The Kier molecular flexibility index (Phi) is 4.05. The van der Waals surface area contributed by atoms with E-state index in [0.29, 0.717) is 11.4 Å². The van der Waals surface area contributed by atoms with Crippen LogP contribution < -0.4 is 10.0 Å². The van der Waals surface area contributed by atoms with E-state index in [2.05, 4.69) is 10.2 Å². The van der Waals surface area contributed by atoms with Crippen LogP contribution in [-0.4, -0.2) is 23.0 Å². The average Bonchev–Trinajstić information content (AvgIpc) is 3.05. The van der Waals surface area contributed by atoms with E-state index in [1.807, 2.05) is 31.2 Å². The zero-order valence-electron chi connectivity index (χ0n) is 15.0. The van der Waals surface area contributed by atoms with Crippen LogP contribution in [0.2, 0.25) is 0 Å². The fourth-order valence-corrected chi connectivity index (χ4v) is 3.23. The molecule has 0 spiro atoms. The lowest BCUT2D eigenvalue weighted by Crippen LogP contribution is -2.38. The van der Waals surface area contributed by atoms with Gasteiger partial charge in [0.2, 0.25) is 5.43 Å². The van der Waals surface area contributed by atoms with Gasteiger partial charge in [0.05, 0.1) is 11.9 Å². The maximum Gasteiger partial charge on any atom is 0.213 e. The number of allylic oxidation sites excluding steroid dienone is 1. The summed E-state index contributed by atoms with van der Waals surface area (Å²) in [5.41, 5.74) is 2.80. The summed E-state index contributed by atoms with van der Waals surface area (Å²) in [4.78, 5) is 12.6. The zero-order valence-corrected chi connectivity index (χ0v) is 15.0. The van der Waals surface area contributed by atoms with Gasteiger partial charge in [-0.25, -0.2) is 9.07 Å². The van der Waals surface area contributed by atoms with Gasteiger partial charge in [0, 0.05) is 24.4 Å². The lowest BCUT2D eigenvalue weighted by molar-refractivity contribution is 0.473. The zero-order chi connectivity index (χ0) is 19.0. The van der Waals surface area contributed by atoms with Crippen molar-refractivity contribution in [2.24, 2.45) is 5.10 Å². The first-order valence-electron chi connectivity index (χ1n) is 8.54. The van der Waals surface area contributed by atoms with Crippen LogP contribution in [0.1, 0.15) is 11.3 Å². The molecule has 1 aliphatic rings. The van der Waals surface area contributed by atoms with Gasteiger partial charge in [-0.15, -0.1) is 4.59 Å². The molecule has 1 aromatic heterocycles. The molecular formula is C21H18FN4O+. The Morgan fingerprint density at radius 3 is 2.67 bits per heavy atom. The normalized spacial score (nSPS) is 18.6. The van der Waals surface area contributed by atoms with E-state index in [9.17, 15) is 9.18 Å². The Morgan fingerprint density at radius 2 is 1.89 bits per heavy atom. The van der Waals surface area contributed by atoms with Crippen molar-refractivity contribution in [3.8, 4) is 5.69 Å². The Morgan fingerprint density at radius 1 is 1.07 bits per heavy atom. The van der Waals surface area contributed by atoms with E-state index in [4.69, 9.17) is 0 Å². The number of quaternary nitrogens is 1. The van der Waals surface area contributed by atoms with E-state index in [0.717, 1.165) is 11.3 Å². The number of aryl methyl sites for hydroxylation is 1. The van der Waals surface area contributed by atoms with Crippen LogP contribution in [0.4, 0.5) is 10.1 Å². The standard InChI is InChI=1S/C21H18FN4O/c1-15-6-5-7-16(14-15)25-13-11-20(27)21(24-25)19-10-12-23-26(19,2)18-9-4-3-8-17(18)22/h3-14H,1-2H3/q+1. The van der Waals surface area contributed by atoms with Crippen molar-refractivity contribution in [3.05, 3.63) is 94.2 Å².